The molecule has 1 aliphatic carbocycles. The summed E-state index contributed by atoms with van der Waals surface area (Å²) in [4.78, 5) is 4.48. The van der Waals surface area contributed by atoms with Gasteiger partial charge in [-0.05, 0) is 49.4 Å². The third-order valence-electron chi connectivity index (χ3n) is 3.01. The summed E-state index contributed by atoms with van der Waals surface area (Å²) in [5, 5.41) is 6.52. The highest BCUT2D eigenvalue weighted by Gasteiger charge is 2.21. The van der Waals surface area contributed by atoms with Crippen molar-refractivity contribution in [3.8, 4) is 0 Å². The summed E-state index contributed by atoms with van der Waals surface area (Å²) in [6.07, 6.45) is 2.61. The van der Waals surface area contributed by atoms with E-state index in [4.69, 9.17) is 0 Å². The highest BCUT2D eigenvalue weighted by molar-refractivity contribution is 14.0. The molecule has 0 spiro atoms. The summed E-state index contributed by atoms with van der Waals surface area (Å²) in [5.41, 5.74) is 0.851. The zero-order valence-electron chi connectivity index (χ0n) is 11.5. The molecule has 0 heterocycles. The average Bonchev–Trinajstić information content (AvgIpc) is 3.20. The Morgan fingerprint density at radius 1 is 1.40 bits per heavy atom. The Bertz CT molecular complexity index is 464. The van der Waals surface area contributed by atoms with Crippen molar-refractivity contribution in [1.82, 2.24) is 10.6 Å². The topological polar surface area (TPSA) is 36.4 Å². The first-order valence-electron chi connectivity index (χ1n) is 6.65. The van der Waals surface area contributed by atoms with E-state index in [1.807, 2.05) is 6.92 Å². The number of aliphatic imine (C=N–C) groups is 1. The van der Waals surface area contributed by atoms with Gasteiger partial charge in [0.05, 0.1) is 6.54 Å². The third kappa shape index (κ3) is 5.95. The lowest BCUT2D eigenvalue weighted by atomic mass is 10.2. The van der Waals surface area contributed by atoms with Gasteiger partial charge in [-0.15, -0.1) is 24.0 Å². The molecule has 0 aliphatic heterocycles. The second-order valence-electron chi connectivity index (χ2n) is 4.76. The fourth-order valence-corrected chi connectivity index (χ4v) is 2.11. The van der Waals surface area contributed by atoms with E-state index in [-0.39, 0.29) is 29.8 Å². The zero-order valence-corrected chi connectivity index (χ0v) is 15.4. The Balaban J connectivity index is 0.00000200. The van der Waals surface area contributed by atoms with Gasteiger partial charge in [0.15, 0.2) is 5.96 Å². The van der Waals surface area contributed by atoms with Gasteiger partial charge >= 0.3 is 0 Å². The maximum atomic E-state index is 13.2. The van der Waals surface area contributed by atoms with E-state index < -0.39 is 0 Å². The molecule has 0 aromatic heterocycles. The molecule has 6 heteroatoms. The van der Waals surface area contributed by atoms with Crippen molar-refractivity contribution < 1.29 is 4.39 Å². The second-order valence-corrected chi connectivity index (χ2v) is 5.61. The van der Waals surface area contributed by atoms with Crippen molar-refractivity contribution in [2.45, 2.75) is 26.3 Å². The quantitative estimate of drug-likeness (QED) is 0.403. The molecular weight excluding hydrogens is 436 g/mol. The Labute approximate surface area is 145 Å². The molecule has 0 saturated heterocycles. The molecule has 1 fully saturated rings. The minimum atomic E-state index is -0.232. The van der Waals surface area contributed by atoms with Crippen LogP contribution in [0, 0.1) is 11.7 Å². The lowest BCUT2D eigenvalue weighted by molar-refractivity contribution is 0.625. The van der Waals surface area contributed by atoms with E-state index in [9.17, 15) is 4.39 Å². The fraction of sp³-hybridized carbons (Fsp3) is 0.500. The van der Waals surface area contributed by atoms with Crippen LogP contribution in [-0.2, 0) is 6.54 Å². The van der Waals surface area contributed by atoms with Crippen LogP contribution in [0.25, 0.3) is 0 Å². The molecule has 20 heavy (non-hydrogen) atoms. The number of nitrogens with one attached hydrogen (secondary N) is 2. The Hall–Kier alpha value is -0.370. The summed E-state index contributed by atoms with van der Waals surface area (Å²) in [5.74, 6) is 1.36. The Morgan fingerprint density at radius 3 is 2.80 bits per heavy atom. The molecule has 112 valence electrons. The number of halogens is 3. The zero-order chi connectivity index (χ0) is 13.7. The van der Waals surface area contributed by atoms with Gasteiger partial charge in [-0.2, -0.15) is 0 Å². The SMILES string of the molecule is CCNC(=NCc1cc(F)ccc1Br)NCC1CC1.I. The molecule has 0 atom stereocenters. The number of guanidine groups is 1. The molecular formula is C14H20BrFIN3. The van der Waals surface area contributed by atoms with Crippen LogP contribution in [0.2, 0.25) is 0 Å². The predicted octanol–water partition coefficient (Wildman–Crippen LogP) is 3.67. The van der Waals surface area contributed by atoms with Crippen LogP contribution in [0.4, 0.5) is 4.39 Å². The van der Waals surface area contributed by atoms with Crippen LogP contribution in [0.5, 0.6) is 0 Å². The molecule has 1 aromatic rings. The van der Waals surface area contributed by atoms with Crippen LogP contribution < -0.4 is 10.6 Å². The maximum Gasteiger partial charge on any atom is 0.191 e. The van der Waals surface area contributed by atoms with Gasteiger partial charge in [0, 0.05) is 17.6 Å². The summed E-state index contributed by atoms with van der Waals surface area (Å²) >= 11 is 3.42. The summed E-state index contributed by atoms with van der Waals surface area (Å²) in [7, 11) is 0. The maximum absolute atomic E-state index is 13.2. The van der Waals surface area contributed by atoms with Crippen LogP contribution in [-0.4, -0.2) is 19.0 Å². The highest BCUT2D eigenvalue weighted by Crippen LogP contribution is 2.27. The minimum absolute atomic E-state index is 0. The van der Waals surface area contributed by atoms with Crippen molar-refractivity contribution in [2.75, 3.05) is 13.1 Å². The van der Waals surface area contributed by atoms with Crippen LogP contribution in [0.3, 0.4) is 0 Å². The van der Waals surface area contributed by atoms with Crippen molar-refractivity contribution >= 4 is 45.9 Å². The van der Waals surface area contributed by atoms with E-state index in [1.54, 1.807) is 6.07 Å². The molecule has 0 radical (unpaired) electrons. The molecule has 1 saturated carbocycles. The molecule has 2 rings (SSSR count). The highest BCUT2D eigenvalue weighted by atomic mass is 127. The van der Waals surface area contributed by atoms with E-state index in [2.05, 4.69) is 31.6 Å². The molecule has 0 amide bonds. The first kappa shape index (κ1) is 17.7. The molecule has 3 nitrogen and oxygen atoms in total. The fourth-order valence-electron chi connectivity index (χ4n) is 1.73. The Kier molecular flexibility index (Phi) is 7.79. The van der Waals surface area contributed by atoms with Gasteiger partial charge in [-0.3, -0.25) is 0 Å². The van der Waals surface area contributed by atoms with Gasteiger partial charge in [-0.25, -0.2) is 9.38 Å². The lowest BCUT2D eigenvalue weighted by Gasteiger charge is -2.11. The second kappa shape index (κ2) is 8.81. The van der Waals surface area contributed by atoms with E-state index in [0.717, 1.165) is 35.0 Å². The van der Waals surface area contributed by atoms with Crippen LogP contribution in [0.15, 0.2) is 27.7 Å². The number of benzene rings is 1. The van der Waals surface area contributed by atoms with Gasteiger partial charge in [0.25, 0.3) is 0 Å². The van der Waals surface area contributed by atoms with Gasteiger partial charge in [-0.1, -0.05) is 15.9 Å². The van der Waals surface area contributed by atoms with Crippen molar-refractivity contribution in [3.05, 3.63) is 34.1 Å². The molecule has 1 aliphatic rings. The molecule has 2 N–H and O–H groups in total. The largest absolute Gasteiger partial charge is 0.357 e. The first-order chi connectivity index (χ1) is 9.19. The lowest BCUT2D eigenvalue weighted by Crippen LogP contribution is -2.38. The number of nitrogens with zero attached hydrogens (tertiary/aromatic N) is 1. The standard InChI is InChI=1S/C14H19BrFN3.HI/c1-2-17-14(18-8-10-3-4-10)19-9-11-7-12(16)5-6-13(11)15;/h5-7,10H,2-4,8-9H2,1H3,(H2,17,18,19);1H. The third-order valence-corrected chi connectivity index (χ3v) is 3.79. The van der Waals surface area contributed by atoms with E-state index >= 15 is 0 Å². The van der Waals surface area contributed by atoms with Crippen molar-refractivity contribution in [2.24, 2.45) is 10.9 Å². The Morgan fingerprint density at radius 2 is 2.15 bits per heavy atom. The molecule has 0 bridgehead atoms. The van der Waals surface area contributed by atoms with E-state index in [1.165, 1.54) is 25.0 Å². The monoisotopic (exact) mass is 455 g/mol. The normalized spacial score (nSPS) is 14.7. The van der Waals surface area contributed by atoms with Crippen LogP contribution >= 0.6 is 39.9 Å². The minimum Gasteiger partial charge on any atom is -0.357 e. The summed E-state index contributed by atoms with van der Waals surface area (Å²) in [6, 6.07) is 4.66. The summed E-state index contributed by atoms with van der Waals surface area (Å²) < 4.78 is 14.1. The molecule has 1 aromatic carbocycles. The average molecular weight is 456 g/mol. The van der Waals surface area contributed by atoms with Gasteiger partial charge in [0.2, 0.25) is 0 Å². The number of hydrogen-bond donors (Lipinski definition) is 2. The van der Waals surface area contributed by atoms with Gasteiger partial charge < -0.3 is 10.6 Å². The van der Waals surface area contributed by atoms with E-state index in [0.29, 0.717) is 6.54 Å². The van der Waals surface area contributed by atoms with Crippen molar-refractivity contribution in [3.63, 3.8) is 0 Å². The first-order valence-corrected chi connectivity index (χ1v) is 7.44. The van der Waals surface area contributed by atoms with Crippen molar-refractivity contribution in [1.29, 1.82) is 0 Å². The summed E-state index contributed by atoms with van der Waals surface area (Å²) in [6.45, 7) is 4.28. The predicted molar refractivity (Wildman–Crippen MR) is 95.1 cm³/mol. The number of hydrogen-bond acceptors (Lipinski definition) is 1. The number of rotatable bonds is 5. The van der Waals surface area contributed by atoms with Crippen LogP contribution in [0.1, 0.15) is 25.3 Å². The molecule has 0 unspecified atom stereocenters. The smallest absolute Gasteiger partial charge is 0.191 e. The van der Waals surface area contributed by atoms with Gasteiger partial charge in [0.1, 0.15) is 5.82 Å².